The van der Waals surface area contributed by atoms with Gasteiger partial charge in [0.25, 0.3) is 5.91 Å². The van der Waals surface area contributed by atoms with Crippen LogP contribution in [-0.2, 0) is 0 Å². The average molecular weight is 383 g/mol. The first-order chi connectivity index (χ1) is 14.2. The summed E-state index contributed by atoms with van der Waals surface area (Å²) in [4.78, 5) is 22.5. The fraction of sp³-hybridized carbons (Fsp3) is 0.125. The van der Waals surface area contributed by atoms with Gasteiger partial charge in [0, 0.05) is 11.3 Å². The lowest BCUT2D eigenvalue weighted by Crippen LogP contribution is -2.37. The van der Waals surface area contributed by atoms with Crippen LogP contribution in [0.25, 0.3) is 0 Å². The Balaban J connectivity index is 1.75. The number of hydrogen-bond acceptors (Lipinski definition) is 4. The third-order valence-corrected chi connectivity index (χ3v) is 4.84. The molecule has 1 aliphatic heterocycles. The van der Waals surface area contributed by atoms with Crippen molar-refractivity contribution in [2.75, 3.05) is 7.11 Å². The lowest BCUT2D eigenvalue weighted by molar-refractivity contribution is 0.0976. The molecule has 1 amide bonds. The highest BCUT2D eigenvalue weighted by Crippen LogP contribution is 2.34. The molecule has 0 aliphatic carbocycles. The minimum Gasteiger partial charge on any atom is -0.497 e. The second-order valence-corrected chi connectivity index (χ2v) is 6.77. The number of ether oxygens (including phenoxy) is 1. The van der Waals surface area contributed by atoms with Gasteiger partial charge < -0.3 is 10.1 Å². The smallest absolute Gasteiger partial charge is 0.256 e. The number of rotatable bonds is 3. The highest BCUT2D eigenvalue weighted by molar-refractivity contribution is 6.19. The van der Waals surface area contributed by atoms with Crippen molar-refractivity contribution in [3.63, 3.8) is 0 Å². The Morgan fingerprint density at radius 1 is 0.862 bits per heavy atom. The summed E-state index contributed by atoms with van der Waals surface area (Å²) in [6.07, 6.45) is 0. The van der Waals surface area contributed by atoms with E-state index in [0.29, 0.717) is 17.1 Å². The zero-order valence-corrected chi connectivity index (χ0v) is 16.3. The molecule has 1 N–H and O–H groups in total. The molecule has 4 rings (SSSR count). The summed E-state index contributed by atoms with van der Waals surface area (Å²) in [6.45, 7) is 1.97. The molecular weight excluding hydrogens is 362 g/mol. The Morgan fingerprint density at radius 2 is 1.48 bits per heavy atom. The van der Waals surface area contributed by atoms with Gasteiger partial charge in [-0.15, -0.1) is 0 Å². The summed E-state index contributed by atoms with van der Waals surface area (Å²) in [6, 6.07) is 24.6. The van der Waals surface area contributed by atoms with E-state index in [2.05, 4.69) is 5.32 Å². The zero-order valence-electron chi connectivity index (χ0n) is 16.3. The Bertz CT molecular complexity index is 1090. The van der Waals surface area contributed by atoms with Gasteiger partial charge in [-0.25, -0.2) is 4.99 Å². The topological polar surface area (TPSA) is 63.0 Å². The highest BCUT2D eigenvalue weighted by atomic mass is 16.5. The van der Waals surface area contributed by atoms with Gasteiger partial charge in [-0.2, -0.15) is 0 Å². The van der Waals surface area contributed by atoms with E-state index in [1.807, 2.05) is 61.5 Å². The Labute approximate surface area is 169 Å². The second-order valence-electron chi connectivity index (χ2n) is 6.77. The van der Waals surface area contributed by atoms with E-state index in [-0.39, 0.29) is 11.8 Å². The van der Waals surface area contributed by atoms with Gasteiger partial charge in [-0.1, -0.05) is 42.5 Å². The number of benzene rings is 3. The minimum atomic E-state index is -0.245. The monoisotopic (exact) mass is 383 g/mol. The van der Waals surface area contributed by atoms with Crippen LogP contribution < -0.4 is 10.1 Å². The highest BCUT2D eigenvalue weighted by Gasteiger charge is 2.26. The minimum absolute atomic E-state index is 0.223. The molecule has 5 heteroatoms. The Morgan fingerprint density at radius 3 is 2.14 bits per heavy atom. The second kappa shape index (κ2) is 8.10. The summed E-state index contributed by atoms with van der Waals surface area (Å²) in [5.74, 6) is 0.793. The molecule has 29 heavy (non-hydrogen) atoms. The van der Waals surface area contributed by atoms with E-state index >= 15 is 0 Å². The number of hydrogen-bond donors (Lipinski definition) is 1. The number of fused-ring (bicyclic) bond motifs is 1. The molecule has 5 nitrogen and oxygen atoms in total. The van der Waals surface area contributed by atoms with Gasteiger partial charge in [0.2, 0.25) is 0 Å². The van der Waals surface area contributed by atoms with Gasteiger partial charge >= 0.3 is 0 Å². The number of nitrogens with one attached hydrogen (secondary N) is 1. The van der Waals surface area contributed by atoms with E-state index in [9.17, 15) is 4.79 Å². The average Bonchev–Trinajstić information content (AvgIpc) is 2.89. The predicted molar refractivity (Wildman–Crippen MR) is 116 cm³/mol. The van der Waals surface area contributed by atoms with Crippen molar-refractivity contribution in [1.29, 1.82) is 0 Å². The largest absolute Gasteiger partial charge is 0.497 e. The van der Waals surface area contributed by atoms with Crippen molar-refractivity contribution in [3.05, 3.63) is 90.0 Å². The van der Waals surface area contributed by atoms with Crippen LogP contribution in [0, 0.1) is 0 Å². The summed E-state index contributed by atoms with van der Waals surface area (Å²) in [5.41, 5.74) is 3.95. The number of aliphatic imine (C=N–C) groups is 2. The molecule has 0 saturated heterocycles. The van der Waals surface area contributed by atoms with Crippen molar-refractivity contribution >= 4 is 28.8 Å². The standard InChI is InChI=1S/C24H21N3O2/c1-16-22(17-8-4-3-5-9-17)23(26-21-11-7-6-10-20(21)25-16)27-24(28)18-12-14-19(29-2)15-13-18/h3-15,22H,1-2H3,(H,26,27,28)/t22-/m1/s1. The fourth-order valence-corrected chi connectivity index (χ4v) is 3.38. The quantitative estimate of drug-likeness (QED) is 0.688. The molecule has 1 atom stereocenters. The van der Waals surface area contributed by atoms with Crippen LogP contribution in [0.3, 0.4) is 0 Å². The van der Waals surface area contributed by atoms with Crippen LogP contribution in [0.1, 0.15) is 28.8 Å². The zero-order chi connectivity index (χ0) is 20.2. The van der Waals surface area contributed by atoms with Crippen LogP contribution >= 0.6 is 0 Å². The van der Waals surface area contributed by atoms with Crippen LogP contribution in [0.4, 0.5) is 11.4 Å². The number of amides is 1. The van der Waals surface area contributed by atoms with Gasteiger partial charge in [0.1, 0.15) is 11.6 Å². The molecule has 0 unspecified atom stereocenters. The maximum atomic E-state index is 12.9. The molecule has 3 aromatic carbocycles. The number of carbonyl (C=O) groups is 1. The predicted octanol–water partition coefficient (Wildman–Crippen LogP) is 5.05. The summed E-state index contributed by atoms with van der Waals surface area (Å²) >= 11 is 0. The normalized spacial score (nSPS) is 15.4. The first-order valence-electron chi connectivity index (χ1n) is 9.39. The van der Waals surface area contributed by atoms with Gasteiger partial charge in [0.05, 0.1) is 24.4 Å². The van der Waals surface area contributed by atoms with E-state index in [1.165, 1.54) is 0 Å². The van der Waals surface area contributed by atoms with Crippen molar-refractivity contribution in [2.24, 2.45) is 9.98 Å². The Kier molecular flexibility index (Phi) is 5.20. The molecule has 0 bridgehead atoms. The van der Waals surface area contributed by atoms with Crippen LogP contribution in [0.2, 0.25) is 0 Å². The maximum Gasteiger partial charge on any atom is 0.256 e. The molecule has 1 heterocycles. The van der Waals surface area contributed by atoms with Crippen molar-refractivity contribution < 1.29 is 9.53 Å². The van der Waals surface area contributed by atoms with Gasteiger partial charge in [-0.05, 0) is 48.9 Å². The SMILES string of the molecule is COc1ccc(C(=O)NC2=Nc3ccccc3N=C(C)[C@@H]2c2ccccc2)cc1. The number of amidine groups is 1. The molecule has 144 valence electrons. The van der Waals surface area contributed by atoms with Crippen LogP contribution in [0.15, 0.2) is 88.8 Å². The number of carbonyl (C=O) groups excluding carboxylic acids is 1. The third kappa shape index (κ3) is 3.94. The first-order valence-corrected chi connectivity index (χ1v) is 9.39. The van der Waals surface area contributed by atoms with Gasteiger partial charge in [-0.3, -0.25) is 9.79 Å². The van der Waals surface area contributed by atoms with E-state index < -0.39 is 0 Å². The van der Waals surface area contributed by atoms with Crippen LogP contribution in [0.5, 0.6) is 5.75 Å². The Hall–Kier alpha value is -3.73. The van der Waals surface area contributed by atoms with E-state index in [4.69, 9.17) is 14.7 Å². The van der Waals surface area contributed by atoms with Crippen LogP contribution in [-0.4, -0.2) is 24.6 Å². The van der Waals surface area contributed by atoms with Gasteiger partial charge in [0.15, 0.2) is 0 Å². The summed E-state index contributed by atoms with van der Waals surface area (Å²) < 4.78 is 5.17. The molecule has 1 aliphatic rings. The molecule has 0 radical (unpaired) electrons. The molecule has 0 spiro atoms. The number of para-hydroxylation sites is 2. The first kappa shape index (κ1) is 18.6. The fourth-order valence-electron chi connectivity index (χ4n) is 3.38. The molecular formula is C24H21N3O2. The van der Waals surface area contributed by atoms with Crippen molar-refractivity contribution in [2.45, 2.75) is 12.8 Å². The number of nitrogens with zero attached hydrogens (tertiary/aromatic N) is 2. The maximum absolute atomic E-state index is 12.9. The molecule has 0 aromatic heterocycles. The lowest BCUT2D eigenvalue weighted by Gasteiger charge is -2.19. The van der Waals surface area contributed by atoms with E-state index in [1.54, 1.807) is 31.4 Å². The third-order valence-electron chi connectivity index (χ3n) is 4.84. The lowest BCUT2D eigenvalue weighted by atomic mass is 9.93. The summed E-state index contributed by atoms with van der Waals surface area (Å²) in [7, 11) is 1.60. The number of methoxy groups -OCH3 is 1. The van der Waals surface area contributed by atoms with Crippen molar-refractivity contribution in [1.82, 2.24) is 5.32 Å². The molecule has 0 fully saturated rings. The molecule has 3 aromatic rings. The molecule has 0 saturated carbocycles. The van der Waals surface area contributed by atoms with E-state index in [0.717, 1.165) is 22.6 Å². The summed E-state index contributed by atoms with van der Waals surface area (Å²) in [5, 5.41) is 3.02. The van der Waals surface area contributed by atoms with Crippen molar-refractivity contribution in [3.8, 4) is 5.75 Å².